The third kappa shape index (κ3) is 3.08. The van der Waals surface area contributed by atoms with Crippen LogP contribution in [0.4, 0.5) is 5.69 Å². The van der Waals surface area contributed by atoms with Gasteiger partial charge in [0.05, 0.1) is 11.7 Å². The first-order chi connectivity index (χ1) is 8.92. The van der Waals surface area contributed by atoms with Gasteiger partial charge in [-0.3, -0.25) is 0 Å². The van der Waals surface area contributed by atoms with Gasteiger partial charge in [0, 0.05) is 26.2 Å². The van der Waals surface area contributed by atoms with Gasteiger partial charge in [-0.05, 0) is 26.0 Å². The molecule has 1 saturated heterocycles. The third-order valence-electron chi connectivity index (χ3n) is 3.23. The van der Waals surface area contributed by atoms with E-state index in [4.69, 9.17) is 0 Å². The average molecular weight is 283 g/mol. The van der Waals surface area contributed by atoms with Gasteiger partial charge in [-0.25, -0.2) is 13.1 Å². The molecule has 1 aliphatic rings. The molecule has 1 aliphatic heterocycles. The summed E-state index contributed by atoms with van der Waals surface area (Å²) >= 11 is 0. The molecule has 1 aromatic rings. The summed E-state index contributed by atoms with van der Waals surface area (Å²) in [7, 11) is -1.53. The van der Waals surface area contributed by atoms with Crippen LogP contribution in [-0.4, -0.2) is 40.6 Å². The number of anilines is 1. The van der Waals surface area contributed by atoms with Gasteiger partial charge in [0.25, 0.3) is 0 Å². The van der Waals surface area contributed by atoms with E-state index in [9.17, 15) is 8.42 Å². The number of likely N-dealkylation sites (N-methyl/N-ethyl adjacent to an activating group) is 1. The van der Waals surface area contributed by atoms with Crippen molar-refractivity contribution in [1.29, 1.82) is 0 Å². The largest absolute Gasteiger partial charge is 0.368 e. The molecule has 6 heteroatoms. The van der Waals surface area contributed by atoms with Crippen LogP contribution in [0.1, 0.15) is 13.8 Å². The van der Waals surface area contributed by atoms with Crippen molar-refractivity contribution in [3.8, 4) is 0 Å². The Labute approximate surface area is 115 Å². The van der Waals surface area contributed by atoms with E-state index in [-0.39, 0.29) is 6.04 Å². The van der Waals surface area contributed by atoms with Crippen LogP contribution in [0.25, 0.3) is 0 Å². The predicted octanol–water partition coefficient (Wildman–Crippen LogP) is 0.781. The lowest BCUT2D eigenvalue weighted by molar-refractivity contribution is 0.427. The highest BCUT2D eigenvalue weighted by Crippen LogP contribution is 2.26. The zero-order valence-electron chi connectivity index (χ0n) is 11.6. The van der Waals surface area contributed by atoms with E-state index < -0.39 is 10.0 Å². The third-order valence-corrected chi connectivity index (χ3v) is 4.94. The number of nitrogens with zero attached hydrogens (tertiary/aromatic N) is 1. The van der Waals surface area contributed by atoms with Gasteiger partial charge in [-0.1, -0.05) is 12.1 Å². The number of hydrogen-bond acceptors (Lipinski definition) is 4. The molecule has 106 valence electrons. The monoisotopic (exact) mass is 283 g/mol. The van der Waals surface area contributed by atoms with Crippen LogP contribution in [0, 0.1) is 0 Å². The van der Waals surface area contributed by atoms with Crippen molar-refractivity contribution in [1.82, 2.24) is 10.0 Å². The molecule has 1 aromatic carbocycles. The average Bonchev–Trinajstić information content (AvgIpc) is 2.25. The Hall–Kier alpha value is -1.11. The van der Waals surface area contributed by atoms with Crippen molar-refractivity contribution in [2.24, 2.45) is 0 Å². The fraction of sp³-hybridized carbons (Fsp3) is 0.538. The van der Waals surface area contributed by atoms with Gasteiger partial charge >= 0.3 is 0 Å². The number of hydrogen-bond donors (Lipinski definition) is 2. The summed E-state index contributed by atoms with van der Waals surface area (Å²) in [6, 6.07) is 7.37. The smallest absolute Gasteiger partial charge is 0.242 e. The molecule has 0 bridgehead atoms. The van der Waals surface area contributed by atoms with E-state index in [1.807, 2.05) is 37.9 Å². The SMILES string of the molecule is CC(C)NS(=O)(=O)c1ccccc1N(C)C1CNC1. The fourth-order valence-corrected chi connectivity index (χ4v) is 3.59. The van der Waals surface area contributed by atoms with Crippen molar-refractivity contribution < 1.29 is 8.42 Å². The van der Waals surface area contributed by atoms with Crippen LogP contribution < -0.4 is 14.9 Å². The predicted molar refractivity (Wildman–Crippen MR) is 77.0 cm³/mol. The molecule has 0 radical (unpaired) electrons. The Morgan fingerprint density at radius 2 is 1.95 bits per heavy atom. The number of rotatable bonds is 5. The van der Waals surface area contributed by atoms with Crippen molar-refractivity contribution >= 4 is 15.7 Å². The van der Waals surface area contributed by atoms with E-state index in [1.54, 1.807) is 12.1 Å². The maximum absolute atomic E-state index is 12.3. The Balaban J connectivity index is 2.35. The Kier molecular flexibility index (Phi) is 4.13. The number of nitrogens with one attached hydrogen (secondary N) is 2. The Morgan fingerprint density at radius 1 is 1.32 bits per heavy atom. The molecule has 0 amide bonds. The second-order valence-corrected chi connectivity index (χ2v) is 6.85. The van der Waals surface area contributed by atoms with E-state index in [0.29, 0.717) is 10.9 Å². The molecule has 1 heterocycles. The summed E-state index contributed by atoms with van der Waals surface area (Å²) in [6.07, 6.45) is 0. The van der Waals surface area contributed by atoms with Crippen LogP contribution in [-0.2, 0) is 10.0 Å². The first-order valence-electron chi connectivity index (χ1n) is 6.46. The number of sulfonamides is 1. The summed E-state index contributed by atoms with van der Waals surface area (Å²) < 4.78 is 27.3. The van der Waals surface area contributed by atoms with Crippen LogP contribution in [0.2, 0.25) is 0 Å². The second kappa shape index (κ2) is 5.48. The maximum Gasteiger partial charge on any atom is 0.242 e. The van der Waals surface area contributed by atoms with Gasteiger partial charge in [-0.2, -0.15) is 0 Å². The zero-order chi connectivity index (χ0) is 14.0. The number of para-hydroxylation sites is 1. The van der Waals surface area contributed by atoms with Crippen LogP contribution >= 0.6 is 0 Å². The fourth-order valence-electron chi connectivity index (χ4n) is 2.09. The maximum atomic E-state index is 12.3. The van der Waals surface area contributed by atoms with Crippen molar-refractivity contribution in [3.05, 3.63) is 24.3 Å². The minimum absolute atomic E-state index is 0.117. The highest BCUT2D eigenvalue weighted by molar-refractivity contribution is 7.89. The van der Waals surface area contributed by atoms with Gasteiger partial charge < -0.3 is 10.2 Å². The lowest BCUT2D eigenvalue weighted by Crippen LogP contribution is -2.56. The highest BCUT2D eigenvalue weighted by Gasteiger charge is 2.27. The van der Waals surface area contributed by atoms with E-state index in [2.05, 4.69) is 10.0 Å². The summed E-state index contributed by atoms with van der Waals surface area (Å²) in [5.74, 6) is 0. The number of benzene rings is 1. The van der Waals surface area contributed by atoms with Gasteiger partial charge in [0.15, 0.2) is 0 Å². The molecule has 2 N–H and O–H groups in total. The zero-order valence-corrected chi connectivity index (χ0v) is 12.4. The molecule has 5 nitrogen and oxygen atoms in total. The molecular formula is C13H21N3O2S. The van der Waals surface area contributed by atoms with Gasteiger partial charge in [0.1, 0.15) is 4.90 Å². The standard InChI is InChI=1S/C13H21N3O2S/c1-10(2)15-19(17,18)13-7-5-4-6-12(13)16(3)11-8-14-9-11/h4-7,10-11,14-15H,8-9H2,1-3H3. The van der Waals surface area contributed by atoms with Crippen LogP contribution in [0.15, 0.2) is 29.2 Å². The van der Waals surface area contributed by atoms with Gasteiger partial charge in [-0.15, -0.1) is 0 Å². The minimum Gasteiger partial charge on any atom is -0.368 e. The molecule has 1 fully saturated rings. The molecule has 0 unspecified atom stereocenters. The second-order valence-electron chi connectivity index (χ2n) is 5.17. The van der Waals surface area contributed by atoms with Crippen molar-refractivity contribution in [2.75, 3.05) is 25.0 Å². The van der Waals surface area contributed by atoms with E-state index in [0.717, 1.165) is 18.8 Å². The molecular weight excluding hydrogens is 262 g/mol. The Morgan fingerprint density at radius 3 is 2.47 bits per heavy atom. The first-order valence-corrected chi connectivity index (χ1v) is 7.95. The lowest BCUT2D eigenvalue weighted by atomic mass is 10.1. The highest BCUT2D eigenvalue weighted by atomic mass is 32.2. The quantitative estimate of drug-likeness (QED) is 0.838. The topological polar surface area (TPSA) is 61.4 Å². The summed E-state index contributed by atoms with van der Waals surface area (Å²) in [6.45, 7) is 5.42. The summed E-state index contributed by atoms with van der Waals surface area (Å²) in [5, 5.41) is 3.20. The molecule has 19 heavy (non-hydrogen) atoms. The molecule has 0 aromatic heterocycles. The van der Waals surface area contributed by atoms with Crippen LogP contribution in [0.3, 0.4) is 0 Å². The normalized spacial score (nSPS) is 16.4. The van der Waals surface area contributed by atoms with Crippen molar-refractivity contribution in [3.63, 3.8) is 0 Å². The van der Waals surface area contributed by atoms with Crippen LogP contribution in [0.5, 0.6) is 0 Å². The van der Waals surface area contributed by atoms with Gasteiger partial charge in [0.2, 0.25) is 10.0 Å². The first kappa shape index (κ1) is 14.3. The molecule has 0 aliphatic carbocycles. The van der Waals surface area contributed by atoms with E-state index in [1.165, 1.54) is 0 Å². The van der Waals surface area contributed by atoms with E-state index >= 15 is 0 Å². The molecule has 0 spiro atoms. The lowest BCUT2D eigenvalue weighted by Gasteiger charge is -2.38. The Bertz CT molecular complexity index is 539. The molecule has 2 rings (SSSR count). The minimum atomic E-state index is -3.46. The van der Waals surface area contributed by atoms with Crippen molar-refractivity contribution in [2.45, 2.75) is 30.8 Å². The molecule has 0 atom stereocenters. The molecule has 0 saturated carbocycles. The summed E-state index contributed by atoms with van der Waals surface area (Å²) in [5.41, 5.74) is 0.752. The summed E-state index contributed by atoms with van der Waals surface area (Å²) in [4.78, 5) is 2.38.